The molecule has 0 saturated heterocycles. The molecule has 2 heterocycles. The number of nitrogen functional groups attached to an aromatic ring is 1. The Balaban J connectivity index is 2.32. The molecule has 0 saturated carbocycles. The van der Waals surface area contributed by atoms with Crippen molar-refractivity contribution >= 4 is 33.0 Å². The summed E-state index contributed by atoms with van der Waals surface area (Å²) in [6, 6.07) is 1.90. The average molecular weight is 285 g/mol. The van der Waals surface area contributed by atoms with Crippen molar-refractivity contribution < 1.29 is 4.74 Å². The van der Waals surface area contributed by atoms with Crippen molar-refractivity contribution in [2.45, 2.75) is 13.5 Å². The number of aromatic nitrogens is 3. The number of hydrogen-bond donors (Lipinski definition) is 1. The minimum Gasteiger partial charge on any atom is -0.380 e. The molecule has 2 aromatic heterocycles. The number of nitrogens with two attached hydrogens (primary N) is 1. The predicted molar refractivity (Wildman–Crippen MR) is 66.1 cm³/mol. The normalized spacial score (nSPS) is 11.1. The van der Waals surface area contributed by atoms with Crippen LogP contribution in [-0.2, 0) is 11.3 Å². The lowest BCUT2D eigenvalue weighted by molar-refractivity contribution is 0.140. The second-order valence-electron chi connectivity index (χ2n) is 3.31. The zero-order valence-electron chi connectivity index (χ0n) is 8.98. The number of imidazole rings is 1. The van der Waals surface area contributed by atoms with Crippen LogP contribution in [0.1, 0.15) is 6.92 Å². The Labute approximate surface area is 102 Å². The van der Waals surface area contributed by atoms with Crippen LogP contribution in [0.4, 0.5) is 5.95 Å². The maximum Gasteiger partial charge on any atom is 0.202 e. The summed E-state index contributed by atoms with van der Waals surface area (Å²) < 4.78 is 8.05. The number of fused-ring (bicyclic) bond motifs is 1. The van der Waals surface area contributed by atoms with Crippen LogP contribution < -0.4 is 5.73 Å². The smallest absolute Gasteiger partial charge is 0.202 e. The van der Waals surface area contributed by atoms with E-state index in [0.717, 1.165) is 15.6 Å². The fourth-order valence-electron chi connectivity index (χ4n) is 1.52. The summed E-state index contributed by atoms with van der Waals surface area (Å²) in [5.74, 6) is 0.473. The van der Waals surface area contributed by atoms with Gasteiger partial charge in [-0.25, -0.2) is 9.97 Å². The van der Waals surface area contributed by atoms with Crippen LogP contribution in [0.2, 0.25) is 0 Å². The third-order valence-corrected chi connectivity index (χ3v) is 2.68. The lowest BCUT2D eigenvalue weighted by atomic mass is 10.4. The van der Waals surface area contributed by atoms with Crippen LogP contribution in [0.25, 0.3) is 11.2 Å². The molecule has 86 valence electrons. The molecular formula is C10H13BrN4O. The lowest BCUT2D eigenvalue weighted by Gasteiger charge is -2.05. The van der Waals surface area contributed by atoms with E-state index in [4.69, 9.17) is 10.5 Å². The van der Waals surface area contributed by atoms with Gasteiger partial charge in [0, 0.05) is 17.3 Å². The first-order chi connectivity index (χ1) is 7.72. The van der Waals surface area contributed by atoms with Crippen molar-refractivity contribution in [3.05, 3.63) is 16.7 Å². The summed E-state index contributed by atoms with van der Waals surface area (Å²) in [4.78, 5) is 8.54. The molecular weight excluding hydrogens is 272 g/mol. The number of rotatable bonds is 4. The van der Waals surface area contributed by atoms with Gasteiger partial charge in [0.1, 0.15) is 5.52 Å². The van der Waals surface area contributed by atoms with Crippen LogP contribution in [0.3, 0.4) is 0 Å². The van der Waals surface area contributed by atoms with Crippen LogP contribution in [-0.4, -0.2) is 27.7 Å². The van der Waals surface area contributed by atoms with Gasteiger partial charge in [-0.3, -0.25) is 4.57 Å². The fraction of sp³-hybridized carbons (Fsp3) is 0.400. The second kappa shape index (κ2) is 4.80. The molecule has 6 heteroatoms. The minimum atomic E-state index is 0.473. The standard InChI is InChI=1S/C10H13BrN4O/c1-2-16-4-3-15-9-8(14-10(15)12)5-7(11)6-13-9/h5-6H,2-4H2,1H3,(H2,12,14). The Kier molecular flexibility index (Phi) is 3.40. The number of nitrogens with zero attached hydrogens (tertiary/aromatic N) is 3. The summed E-state index contributed by atoms with van der Waals surface area (Å²) in [6.45, 7) is 3.95. The number of pyridine rings is 1. The molecule has 0 aliphatic rings. The second-order valence-corrected chi connectivity index (χ2v) is 4.23. The monoisotopic (exact) mass is 284 g/mol. The van der Waals surface area contributed by atoms with Crippen molar-refractivity contribution in [3.63, 3.8) is 0 Å². The fourth-order valence-corrected chi connectivity index (χ4v) is 1.84. The molecule has 0 radical (unpaired) electrons. The van der Waals surface area contributed by atoms with Crippen molar-refractivity contribution in [1.29, 1.82) is 0 Å². The maximum absolute atomic E-state index is 5.83. The Morgan fingerprint density at radius 3 is 3.12 bits per heavy atom. The van der Waals surface area contributed by atoms with E-state index in [9.17, 15) is 0 Å². The van der Waals surface area contributed by atoms with Gasteiger partial charge in [0.05, 0.1) is 13.2 Å². The van der Waals surface area contributed by atoms with E-state index in [1.54, 1.807) is 6.20 Å². The number of anilines is 1. The average Bonchev–Trinajstić information content (AvgIpc) is 2.55. The topological polar surface area (TPSA) is 66.0 Å². The molecule has 0 spiro atoms. The van der Waals surface area contributed by atoms with Crippen molar-refractivity contribution in [3.8, 4) is 0 Å². The highest BCUT2D eigenvalue weighted by atomic mass is 79.9. The first kappa shape index (κ1) is 11.3. The van der Waals surface area contributed by atoms with E-state index in [1.807, 2.05) is 17.6 Å². The Morgan fingerprint density at radius 1 is 1.56 bits per heavy atom. The molecule has 2 N–H and O–H groups in total. The highest BCUT2D eigenvalue weighted by Crippen LogP contribution is 2.19. The molecule has 5 nitrogen and oxygen atoms in total. The maximum atomic E-state index is 5.83. The zero-order valence-corrected chi connectivity index (χ0v) is 10.6. The van der Waals surface area contributed by atoms with Gasteiger partial charge in [0.2, 0.25) is 5.95 Å². The van der Waals surface area contributed by atoms with Crippen molar-refractivity contribution in [2.24, 2.45) is 0 Å². The third-order valence-electron chi connectivity index (χ3n) is 2.24. The first-order valence-electron chi connectivity index (χ1n) is 5.07. The molecule has 16 heavy (non-hydrogen) atoms. The molecule has 0 aromatic carbocycles. The van der Waals surface area contributed by atoms with Crippen molar-refractivity contribution in [1.82, 2.24) is 14.5 Å². The highest BCUT2D eigenvalue weighted by Gasteiger charge is 2.09. The molecule has 0 aliphatic carbocycles. The van der Waals surface area contributed by atoms with Gasteiger partial charge in [0.15, 0.2) is 5.65 Å². The SMILES string of the molecule is CCOCCn1c(N)nc2cc(Br)cnc21. The largest absolute Gasteiger partial charge is 0.380 e. The summed E-state index contributed by atoms with van der Waals surface area (Å²) in [7, 11) is 0. The highest BCUT2D eigenvalue weighted by molar-refractivity contribution is 9.10. The molecule has 0 fully saturated rings. The molecule has 0 bridgehead atoms. The molecule has 2 rings (SSSR count). The summed E-state index contributed by atoms with van der Waals surface area (Å²) in [6.07, 6.45) is 1.74. The number of halogens is 1. The van der Waals surface area contributed by atoms with Gasteiger partial charge < -0.3 is 10.5 Å². The van der Waals surface area contributed by atoms with E-state index >= 15 is 0 Å². The Hall–Kier alpha value is -1.14. The minimum absolute atomic E-state index is 0.473. The number of hydrogen-bond acceptors (Lipinski definition) is 4. The van der Waals surface area contributed by atoms with Crippen LogP contribution in [0.15, 0.2) is 16.7 Å². The van der Waals surface area contributed by atoms with Gasteiger partial charge in [-0.1, -0.05) is 0 Å². The molecule has 0 atom stereocenters. The number of ether oxygens (including phenoxy) is 1. The van der Waals surface area contributed by atoms with Gasteiger partial charge in [0.25, 0.3) is 0 Å². The molecule has 0 amide bonds. The Bertz CT molecular complexity index is 497. The van der Waals surface area contributed by atoms with Crippen LogP contribution in [0.5, 0.6) is 0 Å². The molecule has 0 unspecified atom stereocenters. The van der Waals surface area contributed by atoms with E-state index < -0.39 is 0 Å². The Morgan fingerprint density at radius 2 is 2.38 bits per heavy atom. The van der Waals surface area contributed by atoms with E-state index in [2.05, 4.69) is 25.9 Å². The van der Waals surface area contributed by atoms with E-state index in [0.29, 0.717) is 25.7 Å². The first-order valence-corrected chi connectivity index (χ1v) is 5.86. The van der Waals surface area contributed by atoms with Gasteiger partial charge in [-0.15, -0.1) is 0 Å². The zero-order chi connectivity index (χ0) is 11.5. The summed E-state index contributed by atoms with van der Waals surface area (Å²) in [5.41, 5.74) is 7.41. The van der Waals surface area contributed by atoms with Crippen LogP contribution in [0, 0.1) is 0 Å². The van der Waals surface area contributed by atoms with Crippen molar-refractivity contribution in [2.75, 3.05) is 18.9 Å². The van der Waals surface area contributed by atoms with E-state index in [1.165, 1.54) is 0 Å². The lowest BCUT2D eigenvalue weighted by Crippen LogP contribution is -2.09. The van der Waals surface area contributed by atoms with E-state index in [-0.39, 0.29) is 0 Å². The molecule has 0 aliphatic heterocycles. The molecule has 2 aromatic rings. The van der Waals surface area contributed by atoms with Gasteiger partial charge in [-0.05, 0) is 28.9 Å². The van der Waals surface area contributed by atoms with Crippen LogP contribution >= 0.6 is 15.9 Å². The summed E-state index contributed by atoms with van der Waals surface area (Å²) in [5, 5.41) is 0. The summed E-state index contributed by atoms with van der Waals surface area (Å²) >= 11 is 3.35. The third kappa shape index (κ3) is 2.17. The van der Waals surface area contributed by atoms with Gasteiger partial charge in [-0.2, -0.15) is 0 Å². The quantitative estimate of drug-likeness (QED) is 0.870. The van der Waals surface area contributed by atoms with Gasteiger partial charge >= 0.3 is 0 Å². The predicted octanol–water partition coefficient (Wildman–Crippen LogP) is 1.81.